The fourth-order valence-corrected chi connectivity index (χ4v) is 3.65. The van der Waals surface area contributed by atoms with Gasteiger partial charge in [-0.3, -0.25) is 9.89 Å². The summed E-state index contributed by atoms with van der Waals surface area (Å²) in [4.78, 5) is 14.8. The van der Waals surface area contributed by atoms with Gasteiger partial charge in [0.2, 0.25) is 0 Å². The van der Waals surface area contributed by atoms with Crippen molar-refractivity contribution >= 4 is 17.5 Å². The molecule has 2 heterocycles. The first-order chi connectivity index (χ1) is 12.7. The molecule has 0 fully saturated rings. The number of nitrogens with one attached hydrogen (secondary N) is 1. The monoisotopic (exact) mass is 367 g/mol. The van der Waals surface area contributed by atoms with Crippen molar-refractivity contribution in [1.82, 2.24) is 15.1 Å². The Labute approximate surface area is 156 Å². The van der Waals surface area contributed by atoms with Gasteiger partial charge in [0.25, 0.3) is 5.91 Å². The predicted octanol–water partition coefficient (Wildman–Crippen LogP) is 3.92. The average Bonchev–Trinajstić information content (AvgIpc) is 3.20. The SMILES string of the molecule is COCCN1C(=O)c2[nH]nc(-c3ccccc3)c2C1c1cccc(Cl)c1. The van der Waals surface area contributed by atoms with Gasteiger partial charge < -0.3 is 9.64 Å². The maximum atomic E-state index is 13.0. The zero-order chi connectivity index (χ0) is 18.1. The van der Waals surface area contributed by atoms with E-state index in [0.717, 1.165) is 22.4 Å². The normalized spacial score (nSPS) is 16.2. The third-order valence-electron chi connectivity index (χ3n) is 4.61. The van der Waals surface area contributed by atoms with Crippen LogP contribution in [0, 0.1) is 0 Å². The Bertz CT molecular complexity index is 939. The van der Waals surface area contributed by atoms with Crippen molar-refractivity contribution < 1.29 is 9.53 Å². The second kappa shape index (κ2) is 6.94. The summed E-state index contributed by atoms with van der Waals surface area (Å²) in [7, 11) is 1.63. The molecule has 1 atom stereocenters. The number of H-pyrrole nitrogens is 1. The molecule has 0 spiro atoms. The smallest absolute Gasteiger partial charge is 0.273 e. The van der Waals surface area contributed by atoms with E-state index < -0.39 is 0 Å². The summed E-state index contributed by atoms with van der Waals surface area (Å²) in [6, 6.07) is 17.2. The zero-order valence-electron chi connectivity index (χ0n) is 14.3. The molecule has 0 saturated carbocycles. The summed E-state index contributed by atoms with van der Waals surface area (Å²) in [5, 5.41) is 8.01. The molecule has 1 amide bonds. The Morgan fingerprint density at radius 2 is 2.00 bits per heavy atom. The number of carbonyl (C=O) groups is 1. The fourth-order valence-electron chi connectivity index (χ4n) is 3.46. The van der Waals surface area contributed by atoms with Crippen LogP contribution in [0.4, 0.5) is 0 Å². The molecule has 5 nitrogen and oxygen atoms in total. The molecule has 26 heavy (non-hydrogen) atoms. The van der Waals surface area contributed by atoms with Crippen LogP contribution in [0.3, 0.4) is 0 Å². The van der Waals surface area contributed by atoms with Crippen molar-refractivity contribution in [2.45, 2.75) is 6.04 Å². The van der Waals surface area contributed by atoms with Gasteiger partial charge in [-0.05, 0) is 17.7 Å². The van der Waals surface area contributed by atoms with Gasteiger partial charge in [0.05, 0.1) is 18.3 Å². The average molecular weight is 368 g/mol. The first-order valence-electron chi connectivity index (χ1n) is 8.39. The van der Waals surface area contributed by atoms with Crippen LogP contribution in [-0.4, -0.2) is 41.3 Å². The number of rotatable bonds is 5. The molecule has 132 valence electrons. The van der Waals surface area contributed by atoms with Gasteiger partial charge in [-0.1, -0.05) is 54.1 Å². The van der Waals surface area contributed by atoms with Crippen molar-refractivity contribution in [2.24, 2.45) is 0 Å². The fraction of sp³-hybridized carbons (Fsp3) is 0.200. The van der Waals surface area contributed by atoms with Crippen molar-refractivity contribution in [3.05, 3.63) is 76.4 Å². The van der Waals surface area contributed by atoms with Gasteiger partial charge in [-0.25, -0.2) is 0 Å². The molecule has 6 heteroatoms. The predicted molar refractivity (Wildman–Crippen MR) is 100 cm³/mol. The Morgan fingerprint density at radius 3 is 2.73 bits per heavy atom. The minimum absolute atomic E-state index is 0.0725. The van der Waals surface area contributed by atoms with E-state index in [2.05, 4.69) is 10.2 Å². The van der Waals surface area contributed by atoms with Crippen LogP contribution in [0.2, 0.25) is 5.02 Å². The van der Waals surface area contributed by atoms with E-state index in [1.807, 2.05) is 59.5 Å². The molecule has 0 radical (unpaired) electrons. The second-order valence-electron chi connectivity index (χ2n) is 6.18. The third-order valence-corrected chi connectivity index (χ3v) is 4.85. The Kier molecular flexibility index (Phi) is 4.49. The molecule has 1 N–H and O–H groups in total. The van der Waals surface area contributed by atoms with Gasteiger partial charge in [0.1, 0.15) is 5.69 Å². The number of carbonyl (C=O) groups excluding carboxylic acids is 1. The van der Waals surface area contributed by atoms with Gasteiger partial charge in [0, 0.05) is 29.8 Å². The summed E-state index contributed by atoms with van der Waals surface area (Å²) in [5.74, 6) is -0.0725. The van der Waals surface area contributed by atoms with E-state index in [0.29, 0.717) is 23.9 Å². The van der Waals surface area contributed by atoms with E-state index in [1.165, 1.54) is 0 Å². The highest BCUT2D eigenvalue weighted by Crippen LogP contribution is 2.42. The van der Waals surface area contributed by atoms with Crippen molar-refractivity contribution in [3.8, 4) is 11.3 Å². The molecule has 1 aliphatic rings. The number of methoxy groups -OCH3 is 1. The Balaban J connectivity index is 1.87. The van der Waals surface area contributed by atoms with Gasteiger partial charge >= 0.3 is 0 Å². The quantitative estimate of drug-likeness (QED) is 0.743. The highest BCUT2D eigenvalue weighted by atomic mass is 35.5. The lowest BCUT2D eigenvalue weighted by molar-refractivity contribution is 0.0677. The van der Waals surface area contributed by atoms with Crippen LogP contribution in [-0.2, 0) is 4.74 Å². The van der Waals surface area contributed by atoms with E-state index in [9.17, 15) is 4.79 Å². The van der Waals surface area contributed by atoms with Gasteiger partial charge in [-0.15, -0.1) is 0 Å². The lowest BCUT2D eigenvalue weighted by Crippen LogP contribution is -2.32. The van der Waals surface area contributed by atoms with Crippen molar-refractivity contribution in [2.75, 3.05) is 20.3 Å². The number of aromatic nitrogens is 2. The molecular weight excluding hydrogens is 350 g/mol. The number of fused-ring (bicyclic) bond motifs is 1. The van der Waals surface area contributed by atoms with E-state index in [1.54, 1.807) is 7.11 Å². The van der Waals surface area contributed by atoms with Crippen LogP contribution < -0.4 is 0 Å². The number of hydrogen-bond donors (Lipinski definition) is 1. The molecular formula is C20H18ClN3O2. The summed E-state index contributed by atoms with van der Waals surface area (Å²) in [6.07, 6.45) is 0. The van der Waals surface area contributed by atoms with E-state index in [4.69, 9.17) is 16.3 Å². The van der Waals surface area contributed by atoms with Crippen LogP contribution in [0.1, 0.15) is 27.7 Å². The number of nitrogens with zero attached hydrogens (tertiary/aromatic N) is 2. The van der Waals surface area contributed by atoms with Gasteiger partial charge in [0.15, 0.2) is 0 Å². The molecule has 0 bridgehead atoms. The maximum Gasteiger partial charge on any atom is 0.273 e. The second-order valence-corrected chi connectivity index (χ2v) is 6.61. The Morgan fingerprint density at radius 1 is 1.19 bits per heavy atom. The number of halogens is 1. The molecule has 4 rings (SSSR count). The topological polar surface area (TPSA) is 58.2 Å². The first-order valence-corrected chi connectivity index (χ1v) is 8.77. The molecule has 1 aromatic heterocycles. The largest absolute Gasteiger partial charge is 0.383 e. The minimum Gasteiger partial charge on any atom is -0.383 e. The Hall–Kier alpha value is -2.63. The molecule has 0 saturated heterocycles. The number of hydrogen-bond acceptors (Lipinski definition) is 3. The third kappa shape index (κ3) is 2.79. The molecule has 2 aromatic carbocycles. The van der Waals surface area contributed by atoms with Crippen LogP contribution in [0.5, 0.6) is 0 Å². The first kappa shape index (κ1) is 16.8. The van der Waals surface area contributed by atoms with Crippen molar-refractivity contribution in [3.63, 3.8) is 0 Å². The maximum absolute atomic E-state index is 13.0. The molecule has 1 aliphatic heterocycles. The number of ether oxygens (including phenoxy) is 1. The number of aromatic amines is 1. The summed E-state index contributed by atoms with van der Waals surface area (Å²) in [6.45, 7) is 0.949. The summed E-state index contributed by atoms with van der Waals surface area (Å²) >= 11 is 6.22. The van der Waals surface area contributed by atoms with E-state index >= 15 is 0 Å². The highest BCUT2D eigenvalue weighted by Gasteiger charge is 2.41. The van der Waals surface area contributed by atoms with Crippen LogP contribution >= 0.6 is 11.6 Å². The lowest BCUT2D eigenvalue weighted by Gasteiger charge is -2.26. The van der Waals surface area contributed by atoms with Crippen molar-refractivity contribution in [1.29, 1.82) is 0 Å². The molecule has 0 aliphatic carbocycles. The summed E-state index contributed by atoms with van der Waals surface area (Å²) in [5.41, 5.74) is 4.14. The summed E-state index contributed by atoms with van der Waals surface area (Å²) < 4.78 is 5.20. The lowest BCUT2D eigenvalue weighted by atomic mass is 9.96. The number of amides is 1. The standard InChI is InChI=1S/C20H18ClN3O2/c1-26-11-10-24-19(14-8-5-9-15(21)12-14)16-17(13-6-3-2-4-7-13)22-23-18(16)20(24)25/h2-9,12,19H,10-11H2,1H3,(H,22,23). The minimum atomic E-state index is -0.250. The van der Waals surface area contributed by atoms with Crippen LogP contribution in [0.25, 0.3) is 11.3 Å². The zero-order valence-corrected chi connectivity index (χ0v) is 15.0. The number of benzene rings is 2. The van der Waals surface area contributed by atoms with Crippen LogP contribution in [0.15, 0.2) is 54.6 Å². The van der Waals surface area contributed by atoms with Gasteiger partial charge in [-0.2, -0.15) is 5.10 Å². The molecule has 1 unspecified atom stereocenters. The highest BCUT2D eigenvalue weighted by molar-refractivity contribution is 6.30. The molecule has 3 aromatic rings. The van der Waals surface area contributed by atoms with E-state index in [-0.39, 0.29) is 11.9 Å².